The standard InChI is InChI=1S/C18H23N3O/c1-20-10-14-7-8-16(12-20)21(11-14)13-17-9-18(19-22-17)15-5-3-2-4-6-15/h2-6,9,14,16H,7-8,10-13H2,1H3/t14-,16+/m0/s1. The van der Waals surface area contributed by atoms with Gasteiger partial charge in [0.2, 0.25) is 0 Å². The van der Waals surface area contributed by atoms with Crippen LogP contribution < -0.4 is 0 Å². The molecule has 1 aromatic heterocycles. The minimum absolute atomic E-state index is 0.661. The Bertz CT molecular complexity index is 624. The van der Waals surface area contributed by atoms with Crippen molar-refractivity contribution in [1.29, 1.82) is 0 Å². The van der Waals surface area contributed by atoms with Gasteiger partial charge in [-0.2, -0.15) is 0 Å². The lowest BCUT2D eigenvalue weighted by Crippen LogP contribution is -2.43. The van der Waals surface area contributed by atoms with Crippen LogP contribution in [0.4, 0.5) is 0 Å². The summed E-state index contributed by atoms with van der Waals surface area (Å²) in [6, 6.07) is 13.0. The summed E-state index contributed by atoms with van der Waals surface area (Å²) in [5.41, 5.74) is 2.06. The van der Waals surface area contributed by atoms with Gasteiger partial charge in [0.05, 0.1) is 6.54 Å². The number of benzene rings is 1. The Kier molecular flexibility index (Phi) is 3.72. The number of hydrogen-bond acceptors (Lipinski definition) is 4. The number of rotatable bonds is 3. The molecule has 0 saturated carbocycles. The summed E-state index contributed by atoms with van der Waals surface area (Å²) in [6.45, 7) is 4.49. The van der Waals surface area contributed by atoms with Crippen LogP contribution in [0.3, 0.4) is 0 Å². The molecular formula is C18H23N3O. The van der Waals surface area contributed by atoms with E-state index < -0.39 is 0 Å². The summed E-state index contributed by atoms with van der Waals surface area (Å²) in [7, 11) is 2.25. The van der Waals surface area contributed by atoms with Gasteiger partial charge in [0.25, 0.3) is 0 Å². The zero-order valence-corrected chi connectivity index (χ0v) is 13.1. The van der Waals surface area contributed by atoms with E-state index in [1.165, 1.54) is 32.5 Å². The number of piperidine rings is 1. The van der Waals surface area contributed by atoms with Crippen molar-refractivity contribution in [2.45, 2.75) is 25.4 Å². The van der Waals surface area contributed by atoms with Crippen molar-refractivity contribution in [3.05, 3.63) is 42.2 Å². The van der Waals surface area contributed by atoms with E-state index in [1.807, 2.05) is 18.2 Å². The zero-order chi connectivity index (χ0) is 14.9. The van der Waals surface area contributed by atoms with Crippen molar-refractivity contribution in [3.63, 3.8) is 0 Å². The SMILES string of the molecule is CN1C[C@@H]2CC[C@H](C1)N(Cc1cc(-c3ccccc3)no1)C2. The van der Waals surface area contributed by atoms with Crippen molar-refractivity contribution in [2.75, 3.05) is 26.7 Å². The lowest BCUT2D eigenvalue weighted by Gasteiger charge is -2.35. The third-order valence-electron chi connectivity index (χ3n) is 5.00. The lowest BCUT2D eigenvalue weighted by molar-refractivity contribution is 0.112. The average molecular weight is 297 g/mol. The molecule has 2 aromatic rings. The van der Waals surface area contributed by atoms with E-state index in [1.54, 1.807) is 0 Å². The first-order valence-electron chi connectivity index (χ1n) is 8.21. The van der Waals surface area contributed by atoms with Crippen molar-refractivity contribution in [3.8, 4) is 11.3 Å². The topological polar surface area (TPSA) is 32.5 Å². The maximum absolute atomic E-state index is 5.59. The summed E-state index contributed by atoms with van der Waals surface area (Å²) >= 11 is 0. The van der Waals surface area contributed by atoms with E-state index in [-0.39, 0.29) is 0 Å². The van der Waals surface area contributed by atoms with Crippen LogP contribution >= 0.6 is 0 Å². The van der Waals surface area contributed by atoms with E-state index in [4.69, 9.17) is 4.52 Å². The third kappa shape index (κ3) is 2.81. The predicted octanol–water partition coefficient (Wildman–Crippen LogP) is 2.87. The minimum Gasteiger partial charge on any atom is -0.359 e. The number of fused-ring (bicyclic) bond motifs is 4. The molecule has 0 amide bonds. The molecule has 22 heavy (non-hydrogen) atoms. The highest BCUT2D eigenvalue weighted by molar-refractivity contribution is 5.58. The number of likely N-dealkylation sites (N-methyl/N-ethyl adjacent to an activating group) is 1. The van der Waals surface area contributed by atoms with Crippen LogP contribution in [0.1, 0.15) is 18.6 Å². The van der Waals surface area contributed by atoms with E-state index in [0.717, 1.165) is 29.5 Å². The van der Waals surface area contributed by atoms with Crippen molar-refractivity contribution in [2.24, 2.45) is 5.92 Å². The lowest BCUT2D eigenvalue weighted by atomic mass is 9.95. The summed E-state index contributed by atoms with van der Waals surface area (Å²) in [6.07, 6.45) is 2.69. The molecule has 0 unspecified atom stereocenters. The van der Waals surface area contributed by atoms with Gasteiger partial charge in [-0.05, 0) is 25.8 Å². The predicted molar refractivity (Wildman–Crippen MR) is 86.4 cm³/mol. The summed E-state index contributed by atoms with van der Waals surface area (Å²) < 4.78 is 5.59. The van der Waals surface area contributed by atoms with Gasteiger partial charge in [0, 0.05) is 37.3 Å². The summed E-state index contributed by atoms with van der Waals surface area (Å²) in [4.78, 5) is 5.07. The average Bonchev–Trinajstić information content (AvgIpc) is 2.85. The Balaban J connectivity index is 1.49. The van der Waals surface area contributed by atoms with Gasteiger partial charge in [-0.1, -0.05) is 35.5 Å². The van der Waals surface area contributed by atoms with Crippen molar-refractivity contribution in [1.82, 2.24) is 15.0 Å². The van der Waals surface area contributed by atoms with E-state index in [0.29, 0.717) is 6.04 Å². The highest BCUT2D eigenvalue weighted by atomic mass is 16.5. The Morgan fingerprint density at radius 1 is 1.14 bits per heavy atom. The molecule has 2 atom stereocenters. The second kappa shape index (κ2) is 5.86. The van der Waals surface area contributed by atoms with Gasteiger partial charge in [-0.25, -0.2) is 0 Å². The fraction of sp³-hybridized carbons (Fsp3) is 0.500. The molecule has 4 nitrogen and oxygen atoms in total. The first-order valence-corrected chi connectivity index (χ1v) is 8.21. The largest absolute Gasteiger partial charge is 0.359 e. The highest BCUT2D eigenvalue weighted by Gasteiger charge is 2.33. The fourth-order valence-corrected chi connectivity index (χ4v) is 3.94. The van der Waals surface area contributed by atoms with Gasteiger partial charge in [0.1, 0.15) is 5.69 Å². The molecule has 0 aliphatic carbocycles. The van der Waals surface area contributed by atoms with E-state index in [9.17, 15) is 0 Å². The van der Waals surface area contributed by atoms with Gasteiger partial charge in [-0.3, -0.25) is 4.90 Å². The fourth-order valence-electron chi connectivity index (χ4n) is 3.94. The molecule has 4 heteroatoms. The van der Waals surface area contributed by atoms with Crippen LogP contribution in [-0.4, -0.2) is 47.7 Å². The van der Waals surface area contributed by atoms with Crippen LogP contribution in [0.25, 0.3) is 11.3 Å². The molecule has 3 saturated heterocycles. The second-order valence-corrected chi connectivity index (χ2v) is 6.79. The maximum Gasteiger partial charge on any atom is 0.151 e. The Morgan fingerprint density at radius 2 is 2.00 bits per heavy atom. The van der Waals surface area contributed by atoms with Gasteiger partial charge >= 0.3 is 0 Å². The normalized spacial score (nSPS) is 26.2. The quantitative estimate of drug-likeness (QED) is 0.872. The molecule has 2 bridgehead atoms. The van der Waals surface area contributed by atoms with Crippen LogP contribution in [0.15, 0.2) is 40.9 Å². The monoisotopic (exact) mass is 297 g/mol. The summed E-state index contributed by atoms with van der Waals surface area (Å²) in [5, 5.41) is 4.24. The molecule has 4 heterocycles. The van der Waals surface area contributed by atoms with Crippen LogP contribution in [0.2, 0.25) is 0 Å². The molecule has 0 spiro atoms. The van der Waals surface area contributed by atoms with Crippen LogP contribution in [-0.2, 0) is 6.54 Å². The number of aromatic nitrogens is 1. The molecule has 116 valence electrons. The van der Waals surface area contributed by atoms with Crippen molar-refractivity contribution >= 4 is 0 Å². The van der Waals surface area contributed by atoms with E-state index in [2.05, 4.69) is 40.2 Å². The number of nitrogens with zero attached hydrogens (tertiary/aromatic N) is 3. The minimum atomic E-state index is 0.661. The third-order valence-corrected chi connectivity index (χ3v) is 5.00. The second-order valence-electron chi connectivity index (χ2n) is 6.79. The molecule has 0 N–H and O–H groups in total. The summed E-state index contributed by atoms with van der Waals surface area (Å²) in [5.74, 6) is 1.79. The Labute approximate surface area is 131 Å². The molecule has 5 rings (SSSR count). The molecule has 3 fully saturated rings. The maximum atomic E-state index is 5.59. The number of hydrogen-bond donors (Lipinski definition) is 0. The molecule has 3 aliphatic rings. The van der Waals surface area contributed by atoms with Crippen molar-refractivity contribution < 1.29 is 4.52 Å². The first kappa shape index (κ1) is 14.0. The van der Waals surface area contributed by atoms with Gasteiger partial charge in [-0.15, -0.1) is 0 Å². The molecular weight excluding hydrogens is 274 g/mol. The zero-order valence-electron chi connectivity index (χ0n) is 13.1. The van der Waals surface area contributed by atoms with Gasteiger partial charge in [0.15, 0.2) is 5.76 Å². The van der Waals surface area contributed by atoms with Crippen LogP contribution in [0.5, 0.6) is 0 Å². The molecule has 1 aromatic carbocycles. The van der Waals surface area contributed by atoms with E-state index >= 15 is 0 Å². The molecule has 0 radical (unpaired) electrons. The van der Waals surface area contributed by atoms with Crippen LogP contribution in [0, 0.1) is 5.92 Å². The molecule has 3 aliphatic heterocycles. The Morgan fingerprint density at radius 3 is 2.86 bits per heavy atom. The smallest absolute Gasteiger partial charge is 0.151 e. The highest BCUT2D eigenvalue weighted by Crippen LogP contribution is 2.29. The first-order chi connectivity index (χ1) is 10.8. The van der Waals surface area contributed by atoms with Gasteiger partial charge < -0.3 is 9.42 Å². The Hall–Kier alpha value is -1.65.